The molecular formula is C18H18BNO2. The van der Waals surface area contributed by atoms with Crippen molar-refractivity contribution in [3.8, 4) is 11.5 Å². The van der Waals surface area contributed by atoms with E-state index in [9.17, 15) is 0 Å². The summed E-state index contributed by atoms with van der Waals surface area (Å²) in [6.45, 7) is 16.0. The van der Waals surface area contributed by atoms with Crippen LogP contribution in [-0.4, -0.2) is 6.92 Å². The summed E-state index contributed by atoms with van der Waals surface area (Å²) in [5, 5.41) is 0. The number of aryl methyl sites for hydroxylation is 2. The van der Waals surface area contributed by atoms with Crippen molar-refractivity contribution < 1.29 is 9.39 Å². The molecule has 0 atom stereocenters. The molecule has 3 nitrogen and oxygen atoms in total. The van der Waals surface area contributed by atoms with Gasteiger partial charge in [0, 0.05) is 0 Å². The first-order valence-electron chi connectivity index (χ1n) is 7.41. The summed E-state index contributed by atoms with van der Waals surface area (Å²) in [4.78, 5) is 3.53. The highest BCUT2D eigenvalue weighted by Gasteiger charge is 2.26. The minimum Gasteiger partial charge on any atom is -0.457 e. The topological polar surface area (TPSA) is 22.8 Å². The second-order valence-electron chi connectivity index (χ2n) is 5.83. The summed E-state index contributed by atoms with van der Waals surface area (Å²) in [6, 6.07) is 7.92. The van der Waals surface area contributed by atoms with Crippen LogP contribution in [0.2, 0.25) is 6.82 Å². The van der Waals surface area contributed by atoms with Gasteiger partial charge in [0.1, 0.15) is 11.5 Å². The van der Waals surface area contributed by atoms with Gasteiger partial charge in [-0.3, -0.25) is 0 Å². The van der Waals surface area contributed by atoms with Gasteiger partial charge in [-0.05, 0) is 66.7 Å². The Balaban J connectivity index is 1.98. The summed E-state index contributed by atoms with van der Waals surface area (Å²) in [5.41, 5.74) is 6.21. The fraction of sp³-hybridized carbons (Fsp3) is 0.278. The van der Waals surface area contributed by atoms with E-state index in [-0.39, 0.29) is 6.92 Å². The molecule has 0 radical (unpaired) electrons. The van der Waals surface area contributed by atoms with Crippen molar-refractivity contribution in [3.05, 3.63) is 57.9 Å². The first-order valence-corrected chi connectivity index (χ1v) is 7.41. The van der Waals surface area contributed by atoms with Crippen LogP contribution in [0.1, 0.15) is 22.3 Å². The average molecular weight is 291 g/mol. The van der Waals surface area contributed by atoms with Crippen molar-refractivity contribution in [3.63, 3.8) is 0 Å². The van der Waals surface area contributed by atoms with Crippen molar-refractivity contribution in [1.29, 1.82) is 0 Å². The smallest absolute Gasteiger partial charge is 0.324 e. The lowest BCUT2D eigenvalue weighted by atomic mass is 9.64. The van der Waals surface area contributed by atoms with E-state index in [1.807, 2.05) is 32.0 Å². The highest BCUT2D eigenvalue weighted by Crippen LogP contribution is 2.34. The number of benzene rings is 2. The number of hydrogen-bond donors (Lipinski definition) is 0. The molecule has 0 aliphatic carbocycles. The molecule has 0 bridgehead atoms. The quantitative estimate of drug-likeness (QED) is 0.607. The molecule has 0 aromatic heterocycles. The van der Waals surface area contributed by atoms with Crippen LogP contribution in [-0.2, 0) is 11.3 Å². The van der Waals surface area contributed by atoms with Crippen LogP contribution in [0.3, 0.4) is 0 Å². The normalized spacial score (nSPS) is 13.0. The largest absolute Gasteiger partial charge is 0.457 e. The third-order valence-electron chi connectivity index (χ3n) is 4.33. The summed E-state index contributed by atoms with van der Waals surface area (Å²) < 4.78 is 11.8. The molecule has 2 aromatic rings. The molecule has 0 saturated heterocycles. The minimum absolute atomic E-state index is 0.157. The van der Waals surface area contributed by atoms with Gasteiger partial charge in [0.05, 0.1) is 13.2 Å². The van der Waals surface area contributed by atoms with Gasteiger partial charge >= 0.3 is 6.92 Å². The highest BCUT2D eigenvalue weighted by molar-refractivity contribution is 6.67. The molecule has 0 fully saturated rings. The second-order valence-corrected chi connectivity index (χ2v) is 5.83. The van der Waals surface area contributed by atoms with Crippen LogP contribution in [0.4, 0.5) is 5.69 Å². The number of fused-ring (bicyclic) bond motifs is 1. The van der Waals surface area contributed by atoms with Gasteiger partial charge in [-0.2, -0.15) is 0 Å². The zero-order valence-corrected chi connectivity index (χ0v) is 13.4. The standard InChI is InChI=1S/C18H18BNO2/c1-11-9-18(12(2)8-16(11)20-5)22-17-7-6-15-14(13(17)3)10-21-19(15)4/h6-9H,10H2,1-4H3. The molecule has 0 N–H and O–H groups in total. The average Bonchev–Trinajstić information content (AvgIpc) is 2.87. The fourth-order valence-electron chi connectivity index (χ4n) is 2.86. The van der Waals surface area contributed by atoms with Gasteiger partial charge < -0.3 is 9.39 Å². The zero-order valence-electron chi connectivity index (χ0n) is 13.4. The molecule has 0 spiro atoms. The van der Waals surface area contributed by atoms with Crippen molar-refractivity contribution in [2.24, 2.45) is 0 Å². The van der Waals surface area contributed by atoms with Crippen LogP contribution in [0.15, 0.2) is 24.3 Å². The number of ether oxygens (including phenoxy) is 1. The third kappa shape index (κ3) is 2.38. The van der Waals surface area contributed by atoms with Gasteiger partial charge in [-0.1, -0.05) is 12.9 Å². The van der Waals surface area contributed by atoms with E-state index in [1.165, 1.54) is 11.0 Å². The lowest BCUT2D eigenvalue weighted by Gasteiger charge is -2.15. The highest BCUT2D eigenvalue weighted by atomic mass is 16.5. The van der Waals surface area contributed by atoms with E-state index in [0.717, 1.165) is 28.2 Å². The molecule has 0 unspecified atom stereocenters. The van der Waals surface area contributed by atoms with Crippen LogP contribution in [0.5, 0.6) is 11.5 Å². The second kappa shape index (κ2) is 5.51. The fourth-order valence-corrected chi connectivity index (χ4v) is 2.86. The monoisotopic (exact) mass is 291 g/mol. The molecule has 3 rings (SSSR count). The molecule has 110 valence electrons. The lowest BCUT2D eigenvalue weighted by molar-refractivity contribution is 0.332. The van der Waals surface area contributed by atoms with Gasteiger partial charge in [0.25, 0.3) is 0 Å². The van der Waals surface area contributed by atoms with E-state index in [1.54, 1.807) is 0 Å². The van der Waals surface area contributed by atoms with E-state index >= 15 is 0 Å². The van der Waals surface area contributed by atoms with Gasteiger partial charge in [0.15, 0.2) is 5.69 Å². The number of rotatable bonds is 2. The van der Waals surface area contributed by atoms with E-state index in [0.29, 0.717) is 12.3 Å². The maximum absolute atomic E-state index is 7.18. The van der Waals surface area contributed by atoms with Crippen molar-refractivity contribution in [2.45, 2.75) is 34.2 Å². The number of nitrogens with zero attached hydrogens (tertiary/aromatic N) is 1. The van der Waals surface area contributed by atoms with Gasteiger partial charge in [0.2, 0.25) is 0 Å². The van der Waals surface area contributed by atoms with Crippen molar-refractivity contribution >= 4 is 18.1 Å². The Labute approximate surface area is 131 Å². The zero-order chi connectivity index (χ0) is 15.9. The summed E-state index contributed by atoms with van der Waals surface area (Å²) in [5.74, 6) is 1.66. The van der Waals surface area contributed by atoms with E-state index in [4.69, 9.17) is 16.0 Å². The maximum Gasteiger partial charge on any atom is 0.324 e. The molecule has 1 aliphatic rings. The van der Waals surface area contributed by atoms with Crippen molar-refractivity contribution in [2.75, 3.05) is 0 Å². The Bertz CT molecular complexity index is 793. The molecular weight excluding hydrogens is 273 g/mol. The Hall–Kier alpha value is -2.25. The third-order valence-corrected chi connectivity index (χ3v) is 4.33. The van der Waals surface area contributed by atoms with Crippen LogP contribution in [0, 0.1) is 27.3 Å². The Morgan fingerprint density at radius 3 is 2.64 bits per heavy atom. The van der Waals surface area contributed by atoms with Crippen molar-refractivity contribution in [1.82, 2.24) is 0 Å². The first-order chi connectivity index (χ1) is 10.5. The SMILES string of the molecule is [C-]#[N+]c1cc(C)c(Oc2ccc3c(c2C)COB3C)cc1C. The summed E-state index contributed by atoms with van der Waals surface area (Å²) >= 11 is 0. The molecule has 4 heteroatoms. The van der Waals surface area contributed by atoms with Gasteiger partial charge in [-0.25, -0.2) is 4.85 Å². The van der Waals surface area contributed by atoms with Crippen LogP contribution in [0.25, 0.3) is 4.85 Å². The minimum atomic E-state index is 0.157. The van der Waals surface area contributed by atoms with Crippen LogP contribution < -0.4 is 10.2 Å². The molecule has 0 amide bonds. The first kappa shape index (κ1) is 14.7. The molecule has 2 aromatic carbocycles. The number of hydrogen-bond acceptors (Lipinski definition) is 2. The Morgan fingerprint density at radius 2 is 1.91 bits per heavy atom. The lowest BCUT2D eigenvalue weighted by Crippen LogP contribution is -2.24. The van der Waals surface area contributed by atoms with E-state index in [2.05, 4.69) is 24.7 Å². The summed E-state index contributed by atoms with van der Waals surface area (Å²) in [7, 11) is 0. The van der Waals surface area contributed by atoms with Gasteiger partial charge in [-0.15, -0.1) is 0 Å². The Morgan fingerprint density at radius 1 is 1.14 bits per heavy atom. The molecule has 1 heterocycles. The molecule has 0 saturated carbocycles. The Kier molecular flexibility index (Phi) is 3.68. The summed E-state index contributed by atoms with van der Waals surface area (Å²) in [6.07, 6.45) is 0. The van der Waals surface area contributed by atoms with Crippen LogP contribution >= 0.6 is 0 Å². The predicted octanol–water partition coefficient (Wildman–Crippen LogP) is 4.31. The maximum atomic E-state index is 7.18. The predicted molar refractivity (Wildman–Crippen MR) is 89.5 cm³/mol. The molecule has 22 heavy (non-hydrogen) atoms. The molecule has 1 aliphatic heterocycles. The van der Waals surface area contributed by atoms with E-state index < -0.39 is 0 Å².